The fraction of sp³-hybridized carbons (Fsp3) is 0.467. The largest absolute Gasteiger partial charge is 0.497 e. The standard InChI is InChI=1S/C15H21NO3/c1-5-19-15(17)14(11(2)3)16-10-12-6-8-13(18-4)9-7-12/h6-11,14H,5H2,1-4H3/t14-/m0/s1. The Labute approximate surface area is 114 Å². The van der Waals surface area contributed by atoms with E-state index >= 15 is 0 Å². The van der Waals surface area contributed by atoms with E-state index in [-0.39, 0.29) is 11.9 Å². The van der Waals surface area contributed by atoms with Gasteiger partial charge in [-0.1, -0.05) is 13.8 Å². The van der Waals surface area contributed by atoms with Gasteiger partial charge < -0.3 is 9.47 Å². The first kappa shape index (κ1) is 15.2. The summed E-state index contributed by atoms with van der Waals surface area (Å²) in [4.78, 5) is 16.1. The summed E-state index contributed by atoms with van der Waals surface area (Å²) in [6.45, 7) is 6.07. The SMILES string of the molecule is CCOC(=O)[C@@H](N=Cc1ccc(OC)cc1)C(C)C. The number of benzene rings is 1. The maximum absolute atomic E-state index is 11.8. The monoisotopic (exact) mass is 263 g/mol. The number of esters is 1. The fourth-order valence-electron chi connectivity index (χ4n) is 1.59. The van der Waals surface area contributed by atoms with Crippen LogP contribution in [-0.4, -0.2) is 31.9 Å². The number of carbonyl (C=O) groups excluding carboxylic acids is 1. The molecular weight excluding hydrogens is 242 g/mol. The summed E-state index contributed by atoms with van der Waals surface area (Å²) in [6, 6.07) is 7.05. The van der Waals surface area contributed by atoms with Crippen LogP contribution in [0.25, 0.3) is 0 Å². The van der Waals surface area contributed by atoms with Gasteiger partial charge in [-0.15, -0.1) is 0 Å². The van der Waals surface area contributed by atoms with Gasteiger partial charge >= 0.3 is 5.97 Å². The van der Waals surface area contributed by atoms with Gasteiger partial charge in [0.2, 0.25) is 0 Å². The van der Waals surface area contributed by atoms with E-state index in [0.717, 1.165) is 11.3 Å². The second-order valence-electron chi connectivity index (χ2n) is 4.49. The summed E-state index contributed by atoms with van der Waals surface area (Å²) < 4.78 is 10.1. The van der Waals surface area contributed by atoms with Crippen molar-refractivity contribution in [3.63, 3.8) is 0 Å². The number of methoxy groups -OCH3 is 1. The first-order valence-corrected chi connectivity index (χ1v) is 6.42. The molecule has 0 saturated heterocycles. The second-order valence-corrected chi connectivity index (χ2v) is 4.49. The smallest absolute Gasteiger partial charge is 0.331 e. The first-order valence-electron chi connectivity index (χ1n) is 6.42. The third-order valence-electron chi connectivity index (χ3n) is 2.66. The van der Waals surface area contributed by atoms with Crippen molar-refractivity contribution < 1.29 is 14.3 Å². The Balaban J connectivity index is 2.77. The highest BCUT2D eigenvalue weighted by molar-refractivity contribution is 5.84. The van der Waals surface area contributed by atoms with Crippen molar-refractivity contribution >= 4 is 12.2 Å². The topological polar surface area (TPSA) is 47.9 Å². The van der Waals surface area contributed by atoms with Crippen molar-refractivity contribution in [2.75, 3.05) is 13.7 Å². The molecule has 0 amide bonds. The molecule has 4 nitrogen and oxygen atoms in total. The Morgan fingerprint density at radius 3 is 2.42 bits per heavy atom. The lowest BCUT2D eigenvalue weighted by Crippen LogP contribution is -2.27. The van der Waals surface area contributed by atoms with Crippen LogP contribution < -0.4 is 4.74 Å². The lowest BCUT2D eigenvalue weighted by atomic mass is 10.1. The van der Waals surface area contributed by atoms with E-state index in [0.29, 0.717) is 6.61 Å². The van der Waals surface area contributed by atoms with Crippen LogP contribution >= 0.6 is 0 Å². The van der Waals surface area contributed by atoms with Gasteiger partial charge in [0.15, 0.2) is 0 Å². The molecule has 1 rings (SSSR count). The molecule has 1 aromatic carbocycles. The molecule has 0 bridgehead atoms. The van der Waals surface area contributed by atoms with E-state index in [1.807, 2.05) is 38.1 Å². The Kier molecular flexibility index (Phi) is 6.06. The number of hydrogen-bond donors (Lipinski definition) is 0. The highest BCUT2D eigenvalue weighted by atomic mass is 16.5. The normalized spacial score (nSPS) is 12.7. The van der Waals surface area contributed by atoms with Crippen LogP contribution in [0.2, 0.25) is 0 Å². The minimum absolute atomic E-state index is 0.105. The molecule has 0 radical (unpaired) electrons. The quantitative estimate of drug-likeness (QED) is 0.585. The van der Waals surface area contributed by atoms with Crippen LogP contribution in [0, 0.1) is 5.92 Å². The fourth-order valence-corrected chi connectivity index (χ4v) is 1.59. The molecule has 104 valence electrons. The molecule has 0 aliphatic carbocycles. The van der Waals surface area contributed by atoms with Gasteiger partial charge in [0.05, 0.1) is 13.7 Å². The molecule has 0 heterocycles. The Morgan fingerprint density at radius 1 is 1.32 bits per heavy atom. The maximum atomic E-state index is 11.8. The van der Waals surface area contributed by atoms with Crippen LogP contribution in [-0.2, 0) is 9.53 Å². The van der Waals surface area contributed by atoms with Crippen molar-refractivity contribution in [3.8, 4) is 5.75 Å². The molecule has 0 fully saturated rings. The summed E-state index contributed by atoms with van der Waals surface area (Å²) in [7, 11) is 1.62. The highest BCUT2D eigenvalue weighted by Crippen LogP contribution is 2.12. The van der Waals surface area contributed by atoms with E-state index in [2.05, 4.69) is 4.99 Å². The van der Waals surface area contributed by atoms with Crippen LogP contribution in [0.4, 0.5) is 0 Å². The zero-order valence-electron chi connectivity index (χ0n) is 11.9. The zero-order chi connectivity index (χ0) is 14.3. The van der Waals surface area contributed by atoms with E-state index in [9.17, 15) is 4.79 Å². The van der Waals surface area contributed by atoms with Gasteiger partial charge in [-0.05, 0) is 42.7 Å². The molecule has 0 unspecified atom stereocenters. The van der Waals surface area contributed by atoms with Gasteiger partial charge in [0, 0.05) is 6.21 Å². The van der Waals surface area contributed by atoms with Crippen LogP contribution in [0.3, 0.4) is 0 Å². The number of rotatable bonds is 6. The third kappa shape index (κ3) is 4.73. The third-order valence-corrected chi connectivity index (χ3v) is 2.66. The average Bonchev–Trinajstić information content (AvgIpc) is 2.39. The van der Waals surface area contributed by atoms with Crippen LogP contribution in [0.5, 0.6) is 5.75 Å². The van der Waals surface area contributed by atoms with E-state index in [4.69, 9.17) is 9.47 Å². The molecule has 0 aliphatic heterocycles. The summed E-state index contributed by atoms with van der Waals surface area (Å²) in [5, 5.41) is 0. The minimum atomic E-state index is -0.456. The molecule has 19 heavy (non-hydrogen) atoms. The Hall–Kier alpha value is -1.84. The van der Waals surface area contributed by atoms with Gasteiger partial charge in [-0.2, -0.15) is 0 Å². The van der Waals surface area contributed by atoms with Gasteiger partial charge in [-0.25, -0.2) is 4.79 Å². The van der Waals surface area contributed by atoms with Crippen molar-refractivity contribution in [1.29, 1.82) is 0 Å². The Bertz CT molecular complexity index is 424. The van der Waals surface area contributed by atoms with Crippen molar-refractivity contribution in [3.05, 3.63) is 29.8 Å². The predicted molar refractivity (Wildman–Crippen MR) is 75.8 cm³/mol. The summed E-state index contributed by atoms with van der Waals surface area (Å²) >= 11 is 0. The summed E-state index contributed by atoms with van der Waals surface area (Å²) in [5.74, 6) is 0.624. The molecule has 0 spiro atoms. The van der Waals surface area contributed by atoms with Crippen LogP contribution in [0.1, 0.15) is 26.3 Å². The zero-order valence-corrected chi connectivity index (χ0v) is 11.9. The van der Waals surface area contributed by atoms with E-state index < -0.39 is 6.04 Å². The molecule has 1 aromatic rings. The molecule has 0 N–H and O–H groups in total. The number of nitrogens with zero attached hydrogens (tertiary/aromatic N) is 1. The molecule has 0 aliphatic rings. The van der Waals surface area contributed by atoms with E-state index in [1.165, 1.54) is 0 Å². The number of ether oxygens (including phenoxy) is 2. The number of hydrogen-bond acceptors (Lipinski definition) is 4. The maximum Gasteiger partial charge on any atom is 0.331 e. The average molecular weight is 263 g/mol. The van der Waals surface area contributed by atoms with Crippen LogP contribution in [0.15, 0.2) is 29.3 Å². The number of aliphatic imine (C=N–C) groups is 1. The molecule has 0 aromatic heterocycles. The van der Waals surface area contributed by atoms with Crippen molar-refractivity contribution in [1.82, 2.24) is 0 Å². The van der Waals surface area contributed by atoms with Crippen molar-refractivity contribution in [2.24, 2.45) is 10.9 Å². The summed E-state index contributed by atoms with van der Waals surface area (Å²) in [5.41, 5.74) is 0.927. The Morgan fingerprint density at radius 2 is 1.95 bits per heavy atom. The summed E-state index contributed by atoms with van der Waals surface area (Å²) in [6.07, 6.45) is 1.70. The second kappa shape index (κ2) is 7.56. The van der Waals surface area contributed by atoms with Gasteiger partial charge in [-0.3, -0.25) is 4.99 Å². The van der Waals surface area contributed by atoms with E-state index in [1.54, 1.807) is 20.2 Å². The van der Waals surface area contributed by atoms with Gasteiger partial charge in [0.25, 0.3) is 0 Å². The van der Waals surface area contributed by atoms with Gasteiger partial charge in [0.1, 0.15) is 11.8 Å². The molecule has 1 atom stereocenters. The first-order chi connectivity index (χ1) is 9.08. The predicted octanol–water partition coefficient (Wildman–Crippen LogP) is 2.70. The minimum Gasteiger partial charge on any atom is -0.497 e. The lowest BCUT2D eigenvalue weighted by molar-refractivity contribution is -0.145. The highest BCUT2D eigenvalue weighted by Gasteiger charge is 2.21. The number of carbonyl (C=O) groups is 1. The molecule has 4 heteroatoms. The van der Waals surface area contributed by atoms with Crippen molar-refractivity contribution in [2.45, 2.75) is 26.8 Å². The molecular formula is C15H21NO3. The lowest BCUT2D eigenvalue weighted by Gasteiger charge is -2.14. The molecule has 0 saturated carbocycles.